The van der Waals surface area contributed by atoms with Crippen LogP contribution in [0.2, 0.25) is 0 Å². The third kappa shape index (κ3) is 3.65. The van der Waals surface area contributed by atoms with Crippen molar-refractivity contribution in [1.29, 1.82) is 0 Å². The van der Waals surface area contributed by atoms with E-state index in [1.54, 1.807) is 20.8 Å². The molecule has 1 saturated heterocycles. The average molecular weight is 372 g/mol. The third-order valence-electron chi connectivity index (χ3n) is 4.69. The van der Waals surface area contributed by atoms with Gasteiger partial charge in [-0.05, 0) is 51.2 Å². The van der Waals surface area contributed by atoms with Crippen molar-refractivity contribution >= 4 is 23.9 Å². The Bertz CT molecular complexity index is 814. The first-order chi connectivity index (χ1) is 12.6. The summed E-state index contributed by atoms with van der Waals surface area (Å²) in [7, 11) is 0. The number of fused-ring (bicyclic) bond motifs is 2. The molecule has 8 nitrogen and oxygen atoms in total. The fourth-order valence-electron chi connectivity index (χ4n) is 3.64. The number of imide groups is 2. The van der Waals surface area contributed by atoms with E-state index in [-0.39, 0.29) is 0 Å². The molecule has 1 heterocycles. The Morgan fingerprint density at radius 2 is 1.93 bits per heavy atom. The molecule has 8 heteroatoms. The lowest BCUT2D eigenvalue weighted by atomic mass is 9.76. The van der Waals surface area contributed by atoms with Gasteiger partial charge in [-0.3, -0.25) is 19.8 Å². The van der Waals surface area contributed by atoms with Crippen molar-refractivity contribution in [3.05, 3.63) is 35.4 Å². The number of nitrogens with one attached hydrogen (secondary N) is 3. The van der Waals surface area contributed by atoms with Crippen LogP contribution < -0.4 is 16.0 Å². The number of hydrogen-bond acceptors (Lipinski definition) is 4. The molecular formula is C19H24N4O4. The third-order valence-corrected chi connectivity index (χ3v) is 4.69. The Kier molecular flexibility index (Phi) is 4.67. The summed E-state index contributed by atoms with van der Waals surface area (Å²) in [5, 5.41) is 7.52. The minimum atomic E-state index is -1.13. The minimum absolute atomic E-state index is 0.453. The average Bonchev–Trinajstić information content (AvgIpc) is 2.78. The van der Waals surface area contributed by atoms with Gasteiger partial charge >= 0.3 is 12.1 Å². The fourth-order valence-corrected chi connectivity index (χ4v) is 3.64. The summed E-state index contributed by atoms with van der Waals surface area (Å²) in [6, 6.07) is 6.23. The molecule has 1 aromatic rings. The summed E-state index contributed by atoms with van der Waals surface area (Å²) in [6.07, 6.45) is 2.09. The maximum atomic E-state index is 13.1. The molecule has 27 heavy (non-hydrogen) atoms. The summed E-state index contributed by atoms with van der Waals surface area (Å²) in [5.41, 5.74) is 0.164. The van der Waals surface area contributed by atoms with E-state index in [0.717, 1.165) is 28.9 Å². The predicted octanol–water partition coefficient (Wildman–Crippen LogP) is 1.39. The Hall–Kier alpha value is -2.90. The fraction of sp³-hybridized carbons (Fsp3) is 0.474. The number of nitrogens with zero attached hydrogens (tertiary/aromatic N) is 1. The zero-order valence-corrected chi connectivity index (χ0v) is 15.7. The van der Waals surface area contributed by atoms with Gasteiger partial charge in [-0.25, -0.2) is 9.59 Å². The summed E-state index contributed by atoms with van der Waals surface area (Å²) in [5.74, 6) is -1.17. The summed E-state index contributed by atoms with van der Waals surface area (Å²) in [6.45, 7) is 4.82. The van der Waals surface area contributed by atoms with E-state index in [1.165, 1.54) is 0 Å². The van der Waals surface area contributed by atoms with Gasteiger partial charge in [0.25, 0.3) is 5.91 Å². The van der Waals surface area contributed by atoms with Crippen LogP contribution in [-0.4, -0.2) is 40.9 Å². The molecule has 0 bridgehead atoms. The maximum absolute atomic E-state index is 13.1. The van der Waals surface area contributed by atoms with Crippen molar-refractivity contribution in [1.82, 2.24) is 20.9 Å². The first-order valence-electron chi connectivity index (χ1n) is 8.97. The van der Waals surface area contributed by atoms with Gasteiger partial charge < -0.3 is 10.6 Å². The Labute approximate surface area is 157 Å². The summed E-state index contributed by atoms with van der Waals surface area (Å²) < 4.78 is 0. The van der Waals surface area contributed by atoms with Gasteiger partial charge in [-0.2, -0.15) is 0 Å². The second kappa shape index (κ2) is 6.68. The van der Waals surface area contributed by atoms with E-state index in [9.17, 15) is 19.2 Å². The predicted molar refractivity (Wildman–Crippen MR) is 97.7 cm³/mol. The van der Waals surface area contributed by atoms with Crippen molar-refractivity contribution in [2.75, 3.05) is 6.54 Å². The van der Waals surface area contributed by atoms with Crippen LogP contribution in [0.1, 0.15) is 44.7 Å². The summed E-state index contributed by atoms with van der Waals surface area (Å²) in [4.78, 5) is 50.4. The smallest absolute Gasteiger partial charge is 0.325 e. The highest BCUT2D eigenvalue weighted by atomic mass is 16.2. The molecule has 1 aliphatic carbocycles. The highest BCUT2D eigenvalue weighted by molar-refractivity contribution is 6.10. The zero-order chi connectivity index (χ0) is 19.8. The molecule has 1 aliphatic heterocycles. The molecule has 6 amide bonds. The van der Waals surface area contributed by atoms with Crippen LogP contribution in [0.5, 0.6) is 0 Å². The van der Waals surface area contributed by atoms with E-state index < -0.39 is 41.5 Å². The van der Waals surface area contributed by atoms with Crippen LogP contribution in [0.4, 0.5) is 9.59 Å². The molecule has 1 spiro atoms. The SMILES string of the molecule is CC(C)(C)NC(=O)NC(=O)CN1C(=O)N[C@]2(CCCc3ccccc32)C1=O. The molecule has 144 valence electrons. The van der Waals surface area contributed by atoms with Gasteiger partial charge in [0.15, 0.2) is 0 Å². The Balaban J connectivity index is 1.74. The number of urea groups is 2. The van der Waals surface area contributed by atoms with Gasteiger partial charge in [0.2, 0.25) is 5.91 Å². The monoisotopic (exact) mass is 372 g/mol. The Morgan fingerprint density at radius 3 is 2.63 bits per heavy atom. The highest BCUT2D eigenvalue weighted by Crippen LogP contribution is 2.39. The van der Waals surface area contributed by atoms with Gasteiger partial charge in [0.05, 0.1) is 0 Å². The molecule has 1 atom stereocenters. The molecule has 2 aliphatic rings. The number of rotatable bonds is 2. The van der Waals surface area contributed by atoms with Crippen LogP contribution in [-0.2, 0) is 21.5 Å². The number of aryl methyl sites for hydroxylation is 1. The topological polar surface area (TPSA) is 108 Å². The number of benzene rings is 1. The minimum Gasteiger partial charge on any atom is -0.333 e. The standard InChI is InChI=1S/C19H24N4O4/c1-18(2,3)21-16(26)20-14(24)11-23-15(25)19(22-17(23)27)10-6-8-12-7-4-5-9-13(12)19/h4-5,7,9H,6,8,10-11H2,1-3H3,(H,22,27)(H2,20,21,24,26)/t19-/m0/s1. The van der Waals surface area contributed by atoms with Gasteiger partial charge in [-0.15, -0.1) is 0 Å². The van der Waals surface area contributed by atoms with Crippen LogP contribution >= 0.6 is 0 Å². The van der Waals surface area contributed by atoms with Crippen molar-refractivity contribution in [3.63, 3.8) is 0 Å². The van der Waals surface area contributed by atoms with Crippen LogP contribution in [0, 0.1) is 0 Å². The molecular weight excluding hydrogens is 348 g/mol. The second-order valence-corrected chi connectivity index (χ2v) is 7.99. The number of amides is 6. The molecule has 0 saturated carbocycles. The normalized spacial score (nSPS) is 21.7. The quantitative estimate of drug-likeness (QED) is 0.682. The van der Waals surface area contributed by atoms with E-state index >= 15 is 0 Å². The molecule has 1 aromatic carbocycles. The van der Waals surface area contributed by atoms with Crippen molar-refractivity contribution in [3.8, 4) is 0 Å². The second-order valence-electron chi connectivity index (χ2n) is 7.99. The van der Waals surface area contributed by atoms with E-state index in [0.29, 0.717) is 6.42 Å². The number of hydrogen-bond donors (Lipinski definition) is 3. The molecule has 0 radical (unpaired) electrons. The molecule has 0 aromatic heterocycles. The number of carbonyl (C=O) groups is 4. The lowest BCUT2D eigenvalue weighted by Crippen LogP contribution is -2.51. The van der Waals surface area contributed by atoms with Crippen LogP contribution in [0.3, 0.4) is 0 Å². The zero-order valence-electron chi connectivity index (χ0n) is 15.7. The summed E-state index contributed by atoms with van der Waals surface area (Å²) >= 11 is 0. The van der Waals surface area contributed by atoms with Gasteiger partial charge in [0, 0.05) is 5.54 Å². The van der Waals surface area contributed by atoms with Gasteiger partial charge in [-0.1, -0.05) is 24.3 Å². The first kappa shape index (κ1) is 18.9. The van der Waals surface area contributed by atoms with Crippen LogP contribution in [0.25, 0.3) is 0 Å². The molecule has 1 fully saturated rings. The number of carbonyl (C=O) groups excluding carboxylic acids is 4. The largest absolute Gasteiger partial charge is 0.333 e. The maximum Gasteiger partial charge on any atom is 0.325 e. The molecule has 3 N–H and O–H groups in total. The highest BCUT2D eigenvalue weighted by Gasteiger charge is 2.54. The Morgan fingerprint density at radius 1 is 1.22 bits per heavy atom. The van der Waals surface area contributed by atoms with Crippen LogP contribution in [0.15, 0.2) is 24.3 Å². The lowest BCUT2D eigenvalue weighted by Gasteiger charge is -2.33. The van der Waals surface area contributed by atoms with Crippen molar-refractivity contribution in [2.24, 2.45) is 0 Å². The van der Waals surface area contributed by atoms with E-state index in [1.807, 2.05) is 24.3 Å². The first-order valence-corrected chi connectivity index (χ1v) is 8.97. The van der Waals surface area contributed by atoms with Crippen molar-refractivity contribution in [2.45, 2.75) is 51.1 Å². The van der Waals surface area contributed by atoms with E-state index in [4.69, 9.17) is 0 Å². The van der Waals surface area contributed by atoms with Gasteiger partial charge in [0.1, 0.15) is 12.1 Å². The molecule has 3 rings (SSSR count). The lowest BCUT2D eigenvalue weighted by molar-refractivity contribution is -0.135. The molecule has 0 unspecified atom stereocenters. The van der Waals surface area contributed by atoms with E-state index in [2.05, 4.69) is 16.0 Å². The van der Waals surface area contributed by atoms with Crippen molar-refractivity contribution < 1.29 is 19.2 Å².